The molecule has 1 N–H and O–H groups in total. The van der Waals surface area contributed by atoms with E-state index in [1.807, 2.05) is 11.8 Å². The highest BCUT2D eigenvalue weighted by Crippen LogP contribution is 2.26. The molecule has 1 unspecified atom stereocenters. The van der Waals surface area contributed by atoms with E-state index in [2.05, 4.69) is 33.0 Å². The van der Waals surface area contributed by atoms with Gasteiger partial charge in [-0.05, 0) is 25.1 Å². The smallest absolute Gasteiger partial charge is 0.127 e. The summed E-state index contributed by atoms with van der Waals surface area (Å²) in [6.07, 6.45) is 0.627. The number of halogens is 2. The number of nitrogens with one attached hydrogen (secondary N) is 1. The molecule has 0 aliphatic heterocycles. The normalized spacial score (nSPS) is 13.6. The highest BCUT2D eigenvalue weighted by atomic mass is 35.5. The van der Waals surface area contributed by atoms with E-state index < -0.39 is 0 Å². The van der Waals surface area contributed by atoms with E-state index in [0.717, 1.165) is 12.3 Å². The molecule has 1 nitrogen and oxygen atoms in total. The van der Waals surface area contributed by atoms with Gasteiger partial charge in [0.05, 0.1) is 0 Å². The van der Waals surface area contributed by atoms with Crippen molar-refractivity contribution in [1.29, 1.82) is 0 Å². The molecule has 1 atom stereocenters. The van der Waals surface area contributed by atoms with Crippen LogP contribution in [0.3, 0.4) is 0 Å². The van der Waals surface area contributed by atoms with Gasteiger partial charge in [0.25, 0.3) is 0 Å². The van der Waals surface area contributed by atoms with Crippen molar-refractivity contribution in [2.75, 3.05) is 12.3 Å². The highest BCUT2D eigenvalue weighted by Gasteiger charge is 2.18. The fourth-order valence-corrected chi connectivity index (χ4v) is 2.98. The molecular formula is C15H23ClFNS. The summed E-state index contributed by atoms with van der Waals surface area (Å²) in [6.45, 7) is 9.52. The molecule has 0 radical (unpaired) electrons. The third-order valence-electron chi connectivity index (χ3n) is 2.72. The van der Waals surface area contributed by atoms with Crippen LogP contribution in [0.15, 0.2) is 18.2 Å². The van der Waals surface area contributed by atoms with Crippen LogP contribution >= 0.6 is 23.4 Å². The Kier molecular flexibility index (Phi) is 6.64. The molecule has 1 rings (SSSR count). The standard InChI is InChI=1S/C15H23ClFNS/c1-5-18-11(10-19-15(2,3)4)9-12-13(16)7-6-8-14(12)17/h6-8,11,18H,5,9-10H2,1-4H3. The third kappa shape index (κ3) is 6.15. The monoisotopic (exact) mass is 303 g/mol. The van der Waals surface area contributed by atoms with Crippen LogP contribution in [0.4, 0.5) is 4.39 Å². The van der Waals surface area contributed by atoms with Crippen molar-refractivity contribution in [1.82, 2.24) is 5.32 Å². The lowest BCUT2D eigenvalue weighted by molar-refractivity contribution is 0.544. The van der Waals surface area contributed by atoms with Gasteiger partial charge in [-0.3, -0.25) is 0 Å². The number of hydrogen-bond donors (Lipinski definition) is 1. The zero-order chi connectivity index (χ0) is 14.5. The molecule has 0 saturated carbocycles. The van der Waals surface area contributed by atoms with Crippen LogP contribution in [-0.4, -0.2) is 23.1 Å². The lowest BCUT2D eigenvalue weighted by atomic mass is 10.1. The predicted octanol–water partition coefficient (Wildman–Crippen LogP) is 4.53. The Labute approximate surface area is 125 Å². The first-order valence-corrected chi connectivity index (χ1v) is 8.00. The summed E-state index contributed by atoms with van der Waals surface area (Å²) in [5.74, 6) is 0.735. The maximum atomic E-state index is 13.8. The van der Waals surface area contributed by atoms with Crippen LogP contribution in [-0.2, 0) is 6.42 Å². The van der Waals surface area contributed by atoms with Crippen LogP contribution in [0.2, 0.25) is 5.02 Å². The zero-order valence-corrected chi connectivity index (χ0v) is 13.7. The summed E-state index contributed by atoms with van der Waals surface area (Å²) < 4.78 is 14.0. The Morgan fingerprint density at radius 3 is 2.58 bits per heavy atom. The maximum Gasteiger partial charge on any atom is 0.127 e. The predicted molar refractivity (Wildman–Crippen MR) is 84.8 cm³/mol. The van der Waals surface area contributed by atoms with Gasteiger partial charge in [0.2, 0.25) is 0 Å². The molecule has 0 spiro atoms. The van der Waals surface area contributed by atoms with Gasteiger partial charge in [-0.2, -0.15) is 11.8 Å². The SMILES string of the molecule is CCNC(CSC(C)(C)C)Cc1c(F)cccc1Cl. The van der Waals surface area contributed by atoms with Crippen molar-refractivity contribution in [2.45, 2.75) is 44.9 Å². The lowest BCUT2D eigenvalue weighted by Gasteiger charge is -2.24. The molecule has 0 aliphatic rings. The highest BCUT2D eigenvalue weighted by molar-refractivity contribution is 8.00. The molecule has 1 aromatic rings. The summed E-state index contributed by atoms with van der Waals surface area (Å²) in [4.78, 5) is 0. The lowest BCUT2D eigenvalue weighted by Crippen LogP contribution is -2.34. The molecule has 0 saturated heterocycles. The van der Waals surface area contributed by atoms with E-state index in [9.17, 15) is 4.39 Å². The molecule has 0 bridgehead atoms. The first-order chi connectivity index (χ1) is 8.83. The number of hydrogen-bond acceptors (Lipinski definition) is 2. The maximum absolute atomic E-state index is 13.8. The molecule has 1 aromatic carbocycles. The number of thioether (sulfide) groups is 1. The average Bonchev–Trinajstić information content (AvgIpc) is 2.30. The molecule has 108 valence electrons. The van der Waals surface area contributed by atoms with Crippen molar-refractivity contribution in [3.8, 4) is 0 Å². The second-order valence-corrected chi connectivity index (χ2v) is 7.84. The van der Waals surface area contributed by atoms with Gasteiger partial charge < -0.3 is 5.32 Å². The van der Waals surface area contributed by atoms with Gasteiger partial charge in [0, 0.05) is 27.1 Å². The number of rotatable bonds is 6. The van der Waals surface area contributed by atoms with Crippen molar-refractivity contribution < 1.29 is 4.39 Å². The Morgan fingerprint density at radius 1 is 1.37 bits per heavy atom. The van der Waals surface area contributed by atoms with Crippen LogP contribution in [0.1, 0.15) is 33.3 Å². The third-order valence-corrected chi connectivity index (χ3v) is 4.51. The topological polar surface area (TPSA) is 12.0 Å². The van der Waals surface area contributed by atoms with Crippen LogP contribution in [0.5, 0.6) is 0 Å². The Balaban J connectivity index is 2.72. The average molecular weight is 304 g/mol. The minimum atomic E-state index is -0.212. The Morgan fingerprint density at radius 2 is 2.05 bits per heavy atom. The van der Waals surface area contributed by atoms with Gasteiger partial charge in [-0.15, -0.1) is 0 Å². The summed E-state index contributed by atoms with van der Waals surface area (Å²) in [5.41, 5.74) is 0.615. The summed E-state index contributed by atoms with van der Waals surface area (Å²) in [7, 11) is 0. The largest absolute Gasteiger partial charge is 0.313 e. The van der Waals surface area contributed by atoms with Crippen molar-refractivity contribution in [3.63, 3.8) is 0 Å². The zero-order valence-electron chi connectivity index (χ0n) is 12.1. The van der Waals surface area contributed by atoms with Crippen molar-refractivity contribution >= 4 is 23.4 Å². The van der Waals surface area contributed by atoms with E-state index in [1.165, 1.54) is 6.07 Å². The van der Waals surface area contributed by atoms with Crippen molar-refractivity contribution in [3.05, 3.63) is 34.6 Å². The molecule has 4 heteroatoms. The van der Waals surface area contributed by atoms with Crippen molar-refractivity contribution in [2.24, 2.45) is 0 Å². The van der Waals surface area contributed by atoms with Gasteiger partial charge in [-0.25, -0.2) is 4.39 Å². The van der Waals surface area contributed by atoms with Crippen LogP contribution in [0, 0.1) is 5.82 Å². The van der Waals surface area contributed by atoms with Gasteiger partial charge in [0.1, 0.15) is 5.82 Å². The first-order valence-electron chi connectivity index (χ1n) is 6.63. The van der Waals surface area contributed by atoms with Gasteiger partial charge in [-0.1, -0.05) is 45.4 Å². The molecule has 0 aromatic heterocycles. The molecule has 19 heavy (non-hydrogen) atoms. The summed E-state index contributed by atoms with van der Waals surface area (Å²) >= 11 is 7.97. The quantitative estimate of drug-likeness (QED) is 0.828. The molecule has 0 amide bonds. The Bertz CT molecular complexity index is 383. The fourth-order valence-electron chi connectivity index (χ4n) is 1.80. The molecule has 0 fully saturated rings. The van der Waals surface area contributed by atoms with E-state index in [4.69, 9.17) is 11.6 Å². The van der Waals surface area contributed by atoms with E-state index in [0.29, 0.717) is 17.0 Å². The van der Waals surface area contributed by atoms with Crippen LogP contribution in [0.25, 0.3) is 0 Å². The van der Waals surface area contributed by atoms with Gasteiger partial charge >= 0.3 is 0 Å². The second-order valence-electron chi connectivity index (χ2n) is 5.58. The number of likely N-dealkylation sites (N-methyl/N-ethyl adjacent to an activating group) is 1. The molecular weight excluding hydrogens is 281 g/mol. The fraction of sp³-hybridized carbons (Fsp3) is 0.600. The Hall–Kier alpha value is -0.250. The van der Waals surface area contributed by atoms with E-state index in [-0.39, 0.29) is 16.6 Å². The summed E-state index contributed by atoms with van der Waals surface area (Å²) in [5, 5.41) is 3.93. The summed E-state index contributed by atoms with van der Waals surface area (Å²) in [6, 6.07) is 5.11. The molecule has 0 heterocycles. The second kappa shape index (κ2) is 7.51. The minimum absolute atomic E-state index is 0.212. The number of benzene rings is 1. The van der Waals surface area contributed by atoms with E-state index in [1.54, 1.807) is 12.1 Å². The van der Waals surface area contributed by atoms with Gasteiger partial charge in [0.15, 0.2) is 0 Å². The first kappa shape index (κ1) is 16.8. The molecule has 0 aliphatic carbocycles. The van der Waals surface area contributed by atoms with Crippen LogP contribution < -0.4 is 5.32 Å². The van der Waals surface area contributed by atoms with E-state index >= 15 is 0 Å². The minimum Gasteiger partial charge on any atom is -0.313 e.